The van der Waals surface area contributed by atoms with Crippen LogP contribution in [0.4, 0.5) is 5.69 Å². The largest absolute Gasteiger partial charge is 0.494 e. The molecule has 0 heterocycles. The van der Waals surface area contributed by atoms with Crippen molar-refractivity contribution in [1.29, 1.82) is 0 Å². The number of rotatable bonds is 7. The molecule has 0 saturated heterocycles. The number of nitrogens with one attached hydrogen (secondary N) is 1. The minimum atomic E-state index is -0.488. The molecule has 0 aromatic heterocycles. The summed E-state index contributed by atoms with van der Waals surface area (Å²) < 4.78 is 5.44. The number of carbonyl (C=O) groups excluding carboxylic acids is 1. The fourth-order valence-electron chi connectivity index (χ4n) is 1.87. The quantitative estimate of drug-likeness (QED) is 0.480. The highest BCUT2D eigenvalue weighted by Crippen LogP contribution is 2.13. The summed E-state index contributed by atoms with van der Waals surface area (Å²) in [6.07, 6.45) is 2.26. The molecule has 0 aliphatic rings. The summed E-state index contributed by atoms with van der Waals surface area (Å²) in [4.78, 5) is 22.2. The highest BCUT2D eigenvalue weighted by molar-refractivity contribution is 5.95. The van der Waals surface area contributed by atoms with Crippen LogP contribution in [0.2, 0.25) is 0 Å². The van der Waals surface area contributed by atoms with Crippen molar-refractivity contribution in [2.24, 2.45) is 5.10 Å². The first kappa shape index (κ1) is 17.1. The molecular formula is C17H17N3O4. The number of hydrazone groups is 1. The van der Waals surface area contributed by atoms with E-state index in [-0.39, 0.29) is 11.6 Å². The van der Waals surface area contributed by atoms with E-state index in [1.54, 1.807) is 36.4 Å². The highest BCUT2D eigenvalue weighted by Gasteiger charge is 2.06. The Kier molecular flexibility index (Phi) is 6.01. The van der Waals surface area contributed by atoms with Crippen LogP contribution in [-0.2, 0) is 0 Å². The van der Waals surface area contributed by atoms with Crippen LogP contribution >= 0.6 is 0 Å². The van der Waals surface area contributed by atoms with Crippen LogP contribution in [0.25, 0.3) is 0 Å². The third-order valence-corrected chi connectivity index (χ3v) is 3.05. The average Bonchev–Trinajstić information content (AvgIpc) is 2.60. The first-order chi connectivity index (χ1) is 11.6. The highest BCUT2D eigenvalue weighted by atomic mass is 16.6. The topological polar surface area (TPSA) is 93.8 Å². The van der Waals surface area contributed by atoms with Gasteiger partial charge in [0.25, 0.3) is 11.6 Å². The lowest BCUT2D eigenvalue weighted by atomic mass is 10.2. The molecule has 7 heteroatoms. The van der Waals surface area contributed by atoms with Gasteiger partial charge in [-0.05, 0) is 30.7 Å². The molecule has 0 spiro atoms. The number of hydrogen-bond donors (Lipinski definition) is 1. The zero-order valence-electron chi connectivity index (χ0n) is 13.1. The van der Waals surface area contributed by atoms with Gasteiger partial charge in [0, 0.05) is 23.3 Å². The Morgan fingerprint density at radius 1 is 1.29 bits per heavy atom. The third kappa shape index (κ3) is 4.91. The molecule has 1 N–H and O–H groups in total. The van der Waals surface area contributed by atoms with Crippen molar-refractivity contribution < 1.29 is 14.5 Å². The Morgan fingerprint density at radius 3 is 2.71 bits per heavy atom. The van der Waals surface area contributed by atoms with E-state index in [1.165, 1.54) is 18.3 Å². The molecule has 1 amide bonds. The number of nitro benzene ring substituents is 1. The Hall–Kier alpha value is -3.22. The molecule has 2 aromatic rings. The van der Waals surface area contributed by atoms with Crippen molar-refractivity contribution >= 4 is 17.8 Å². The van der Waals surface area contributed by atoms with E-state index >= 15 is 0 Å². The second-order valence-electron chi connectivity index (χ2n) is 4.92. The number of hydrogen-bond acceptors (Lipinski definition) is 5. The Balaban J connectivity index is 1.95. The number of amides is 1. The van der Waals surface area contributed by atoms with Crippen LogP contribution in [0.1, 0.15) is 29.3 Å². The van der Waals surface area contributed by atoms with Crippen molar-refractivity contribution in [2.45, 2.75) is 13.3 Å². The van der Waals surface area contributed by atoms with Crippen LogP contribution in [0.3, 0.4) is 0 Å². The molecule has 0 aliphatic heterocycles. The zero-order chi connectivity index (χ0) is 17.4. The molecule has 0 atom stereocenters. The lowest BCUT2D eigenvalue weighted by Crippen LogP contribution is -2.17. The summed E-state index contributed by atoms with van der Waals surface area (Å²) in [6.45, 7) is 2.64. The number of benzene rings is 2. The molecule has 0 radical (unpaired) electrons. The van der Waals surface area contributed by atoms with Crippen molar-refractivity contribution in [1.82, 2.24) is 5.43 Å². The van der Waals surface area contributed by atoms with Crippen molar-refractivity contribution in [2.75, 3.05) is 6.61 Å². The number of carbonyl (C=O) groups is 1. The molecule has 124 valence electrons. The molecule has 7 nitrogen and oxygen atoms in total. The lowest BCUT2D eigenvalue weighted by molar-refractivity contribution is -0.384. The normalized spacial score (nSPS) is 10.5. The molecule has 0 unspecified atom stereocenters. The van der Waals surface area contributed by atoms with Crippen molar-refractivity contribution in [3.63, 3.8) is 0 Å². The Labute approximate surface area is 139 Å². The summed E-state index contributed by atoms with van der Waals surface area (Å²) in [7, 11) is 0. The first-order valence-electron chi connectivity index (χ1n) is 7.41. The second-order valence-corrected chi connectivity index (χ2v) is 4.92. The number of nitrogens with zero attached hydrogens (tertiary/aromatic N) is 2. The van der Waals surface area contributed by atoms with Crippen molar-refractivity contribution in [3.8, 4) is 5.75 Å². The fourth-order valence-corrected chi connectivity index (χ4v) is 1.87. The molecule has 0 fully saturated rings. The minimum absolute atomic E-state index is 0.0343. The van der Waals surface area contributed by atoms with Gasteiger partial charge < -0.3 is 4.74 Å². The van der Waals surface area contributed by atoms with Gasteiger partial charge in [-0.1, -0.05) is 19.1 Å². The van der Waals surface area contributed by atoms with Gasteiger partial charge in [0.15, 0.2) is 0 Å². The number of non-ortho nitro benzene ring substituents is 1. The Bertz CT molecular complexity index is 742. The van der Waals surface area contributed by atoms with E-state index in [2.05, 4.69) is 10.5 Å². The summed E-state index contributed by atoms with van der Waals surface area (Å²) in [5.41, 5.74) is 3.31. The zero-order valence-corrected chi connectivity index (χ0v) is 13.1. The summed E-state index contributed by atoms with van der Waals surface area (Å²) in [5, 5.41) is 14.5. The molecule has 2 aromatic carbocycles. The summed E-state index contributed by atoms with van der Waals surface area (Å²) in [6, 6.07) is 12.7. The number of ether oxygens (including phenoxy) is 1. The van der Waals surface area contributed by atoms with Gasteiger partial charge in [-0.25, -0.2) is 5.43 Å². The van der Waals surface area contributed by atoms with E-state index in [0.29, 0.717) is 23.5 Å². The standard InChI is InChI=1S/C17H17N3O4/c1-2-10-24-16-8-6-14(7-9-16)17(21)19-18-12-13-4-3-5-15(11-13)20(22)23/h3-9,11-12H,2,10H2,1H3,(H,19,21)/b18-12-. The Morgan fingerprint density at radius 2 is 2.04 bits per heavy atom. The molecule has 0 aliphatic carbocycles. The molecular weight excluding hydrogens is 310 g/mol. The predicted molar refractivity (Wildman–Crippen MR) is 90.4 cm³/mol. The second kappa shape index (κ2) is 8.42. The molecule has 2 rings (SSSR count). The van der Waals surface area contributed by atoms with Gasteiger partial charge in [0.2, 0.25) is 0 Å². The fraction of sp³-hybridized carbons (Fsp3) is 0.176. The molecule has 0 bridgehead atoms. The van der Waals surface area contributed by atoms with Crippen LogP contribution in [0, 0.1) is 10.1 Å². The van der Waals surface area contributed by atoms with Gasteiger partial charge in [-0.2, -0.15) is 5.10 Å². The summed E-state index contributed by atoms with van der Waals surface area (Å²) in [5.74, 6) is 0.326. The van der Waals surface area contributed by atoms with Crippen molar-refractivity contribution in [3.05, 3.63) is 69.8 Å². The first-order valence-corrected chi connectivity index (χ1v) is 7.41. The smallest absolute Gasteiger partial charge is 0.271 e. The van der Waals surface area contributed by atoms with Gasteiger partial charge in [0.1, 0.15) is 5.75 Å². The average molecular weight is 327 g/mol. The van der Waals surface area contributed by atoms with E-state index in [1.807, 2.05) is 6.92 Å². The number of nitro groups is 1. The summed E-state index contributed by atoms with van der Waals surface area (Å²) >= 11 is 0. The van der Waals surface area contributed by atoms with Gasteiger partial charge in [0.05, 0.1) is 17.7 Å². The van der Waals surface area contributed by atoms with E-state index in [9.17, 15) is 14.9 Å². The van der Waals surface area contributed by atoms with E-state index in [4.69, 9.17) is 4.74 Å². The third-order valence-electron chi connectivity index (χ3n) is 3.05. The molecule has 0 saturated carbocycles. The van der Waals surface area contributed by atoms with Crippen LogP contribution in [0.15, 0.2) is 53.6 Å². The van der Waals surface area contributed by atoms with Crippen LogP contribution in [-0.4, -0.2) is 23.7 Å². The monoisotopic (exact) mass is 327 g/mol. The van der Waals surface area contributed by atoms with Crippen LogP contribution in [0.5, 0.6) is 5.75 Å². The maximum Gasteiger partial charge on any atom is 0.271 e. The van der Waals surface area contributed by atoms with Gasteiger partial charge in [-0.3, -0.25) is 14.9 Å². The lowest BCUT2D eigenvalue weighted by Gasteiger charge is -2.05. The van der Waals surface area contributed by atoms with Gasteiger partial charge in [-0.15, -0.1) is 0 Å². The maximum absolute atomic E-state index is 12.0. The maximum atomic E-state index is 12.0. The SMILES string of the molecule is CCCOc1ccc(C(=O)N/N=C\c2cccc([N+](=O)[O-])c2)cc1. The molecule has 24 heavy (non-hydrogen) atoms. The van der Waals surface area contributed by atoms with Crippen LogP contribution < -0.4 is 10.2 Å². The minimum Gasteiger partial charge on any atom is -0.494 e. The van der Waals surface area contributed by atoms with Gasteiger partial charge >= 0.3 is 0 Å². The van der Waals surface area contributed by atoms with E-state index < -0.39 is 4.92 Å². The predicted octanol–water partition coefficient (Wildman–Crippen LogP) is 3.15. The van der Waals surface area contributed by atoms with E-state index in [0.717, 1.165) is 6.42 Å².